The summed E-state index contributed by atoms with van der Waals surface area (Å²) in [5, 5.41) is 5.71. The minimum Gasteiger partial charge on any atom is -0.376 e. The van der Waals surface area contributed by atoms with Gasteiger partial charge < -0.3 is 10.6 Å². The Morgan fingerprint density at radius 1 is 1.44 bits per heavy atom. The number of carbonyl (C=O) groups is 1. The highest BCUT2D eigenvalue weighted by Gasteiger charge is 2.21. The Bertz CT molecular complexity index is 377. The van der Waals surface area contributed by atoms with Gasteiger partial charge in [-0.15, -0.1) is 0 Å². The molecule has 16 heavy (non-hydrogen) atoms. The molecule has 0 bridgehead atoms. The fourth-order valence-corrected chi connectivity index (χ4v) is 1.42. The van der Waals surface area contributed by atoms with Crippen LogP contribution in [0.4, 0.5) is 10.1 Å². The second-order valence-corrected chi connectivity index (χ2v) is 4.11. The lowest BCUT2D eigenvalue weighted by molar-refractivity contribution is -0.119. The molecule has 0 unspecified atom stereocenters. The maximum absolute atomic E-state index is 12.8. The maximum Gasteiger partial charge on any atom is 0.239 e. The molecule has 1 amide bonds. The summed E-state index contributed by atoms with van der Waals surface area (Å²) in [5.74, 6) is 0.331. The Labute approximate surface area is 94.0 Å². The largest absolute Gasteiger partial charge is 0.376 e. The van der Waals surface area contributed by atoms with Gasteiger partial charge in [-0.05, 0) is 37.0 Å². The van der Waals surface area contributed by atoms with Crippen molar-refractivity contribution < 1.29 is 9.18 Å². The summed E-state index contributed by atoms with van der Waals surface area (Å²) in [6.07, 6.45) is 2.44. The summed E-state index contributed by atoms with van der Waals surface area (Å²) >= 11 is 0. The Morgan fingerprint density at radius 2 is 2.25 bits per heavy atom. The molecule has 0 radical (unpaired) electrons. The molecule has 0 aliphatic heterocycles. The van der Waals surface area contributed by atoms with E-state index in [0.29, 0.717) is 11.6 Å². The van der Waals surface area contributed by atoms with E-state index in [9.17, 15) is 9.18 Å². The number of benzene rings is 1. The first-order chi connectivity index (χ1) is 7.74. The van der Waals surface area contributed by atoms with Gasteiger partial charge in [0.1, 0.15) is 5.82 Å². The molecule has 0 spiro atoms. The third-order valence-corrected chi connectivity index (χ3v) is 2.56. The Kier molecular flexibility index (Phi) is 3.39. The van der Waals surface area contributed by atoms with Crippen molar-refractivity contribution in [3.8, 4) is 0 Å². The van der Waals surface area contributed by atoms with E-state index in [1.165, 1.54) is 25.0 Å². The van der Waals surface area contributed by atoms with E-state index in [1.807, 2.05) is 0 Å². The molecule has 0 atom stereocenters. The van der Waals surface area contributed by atoms with E-state index >= 15 is 0 Å². The highest BCUT2D eigenvalue weighted by molar-refractivity contribution is 5.80. The molecule has 4 heteroatoms. The van der Waals surface area contributed by atoms with E-state index in [1.54, 1.807) is 12.1 Å². The van der Waals surface area contributed by atoms with Crippen LogP contribution in [0.1, 0.15) is 12.8 Å². The summed E-state index contributed by atoms with van der Waals surface area (Å²) < 4.78 is 12.8. The average Bonchev–Trinajstić information content (AvgIpc) is 3.07. The Balaban J connectivity index is 1.71. The zero-order valence-corrected chi connectivity index (χ0v) is 9.00. The molecular weight excluding hydrogens is 207 g/mol. The normalized spacial score (nSPS) is 14.6. The molecule has 1 fully saturated rings. The maximum atomic E-state index is 12.8. The number of anilines is 1. The second kappa shape index (κ2) is 4.96. The molecule has 2 N–H and O–H groups in total. The van der Waals surface area contributed by atoms with Gasteiger partial charge >= 0.3 is 0 Å². The predicted molar refractivity (Wildman–Crippen MR) is 60.6 cm³/mol. The van der Waals surface area contributed by atoms with Crippen LogP contribution in [-0.4, -0.2) is 19.0 Å². The summed E-state index contributed by atoms with van der Waals surface area (Å²) in [4.78, 5) is 11.4. The molecule has 2 rings (SSSR count). The molecule has 0 saturated heterocycles. The van der Waals surface area contributed by atoms with Gasteiger partial charge in [0.15, 0.2) is 0 Å². The van der Waals surface area contributed by atoms with Gasteiger partial charge in [0, 0.05) is 12.2 Å². The molecule has 1 aliphatic carbocycles. The van der Waals surface area contributed by atoms with Crippen LogP contribution in [0, 0.1) is 11.7 Å². The molecule has 0 aromatic heterocycles. The van der Waals surface area contributed by atoms with Crippen LogP contribution >= 0.6 is 0 Å². The zero-order chi connectivity index (χ0) is 11.4. The second-order valence-electron chi connectivity index (χ2n) is 4.11. The third-order valence-electron chi connectivity index (χ3n) is 2.56. The van der Waals surface area contributed by atoms with Gasteiger partial charge in [0.25, 0.3) is 0 Å². The van der Waals surface area contributed by atoms with Crippen molar-refractivity contribution in [2.75, 3.05) is 18.4 Å². The number of hydrogen-bond acceptors (Lipinski definition) is 2. The summed E-state index contributed by atoms with van der Waals surface area (Å²) in [5.41, 5.74) is 0.626. The fraction of sp³-hybridized carbons (Fsp3) is 0.417. The minimum absolute atomic E-state index is 0.0452. The highest BCUT2D eigenvalue weighted by atomic mass is 19.1. The molecule has 3 nitrogen and oxygen atoms in total. The lowest BCUT2D eigenvalue weighted by Gasteiger charge is -2.07. The van der Waals surface area contributed by atoms with Crippen molar-refractivity contribution >= 4 is 11.6 Å². The van der Waals surface area contributed by atoms with Crippen molar-refractivity contribution in [1.82, 2.24) is 5.32 Å². The number of rotatable bonds is 5. The van der Waals surface area contributed by atoms with Crippen LogP contribution in [0.2, 0.25) is 0 Å². The van der Waals surface area contributed by atoms with Crippen molar-refractivity contribution in [2.45, 2.75) is 12.8 Å². The third kappa shape index (κ3) is 3.53. The van der Waals surface area contributed by atoms with Crippen LogP contribution in [0.3, 0.4) is 0 Å². The lowest BCUT2D eigenvalue weighted by Crippen LogP contribution is -2.31. The standard InChI is InChI=1S/C12H15FN2O/c13-10-2-1-3-11(6-10)14-8-12(16)15-7-9-4-5-9/h1-3,6,9,14H,4-5,7-8H2,(H,15,16). The quantitative estimate of drug-likeness (QED) is 0.797. The molecule has 1 aromatic carbocycles. The number of halogens is 1. The van der Waals surface area contributed by atoms with Crippen LogP contribution in [0.15, 0.2) is 24.3 Å². The van der Waals surface area contributed by atoms with E-state index in [2.05, 4.69) is 10.6 Å². The molecule has 86 valence electrons. The molecular formula is C12H15FN2O. The summed E-state index contributed by atoms with van der Waals surface area (Å²) in [6.45, 7) is 0.958. The number of amides is 1. The number of nitrogens with one attached hydrogen (secondary N) is 2. The van der Waals surface area contributed by atoms with Crippen LogP contribution in [0.5, 0.6) is 0 Å². The van der Waals surface area contributed by atoms with Gasteiger partial charge in [0.2, 0.25) is 5.91 Å². The van der Waals surface area contributed by atoms with Crippen LogP contribution < -0.4 is 10.6 Å². The van der Waals surface area contributed by atoms with E-state index in [0.717, 1.165) is 6.54 Å². The number of carbonyl (C=O) groups excluding carboxylic acids is 1. The van der Waals surface area contributed by atoms with E-state index < -0.39 is 0 Å². The zero-order valence-electron chi connectivity index (χ0n) is 9.00. The molecule has 0 heterocycles. The van der Waals surface area contributed by atoms with Gasteiger partial charge in [-0.1, -0.05) is 6.07 Å². The first kappa shape index (κ1) is 10.9. The van der Waals surface area contributed by atoms with Crippen LogP contribution in [0.25, 0.3) is 0 Å². The van der Waals surface area contributed by atoms with Crippen molar-refractivity contribution in [2.24, 2.45) is 5.92 Å². The van der Waals surface area contributed by atoms with Crippen LogP contribution in [-0.2, 0) is 4.79 Å². The SMILES string of the molecule is O=C(CNc1cccc(F)c1)NCC1CC1. The van der Waals surface area contributed by atoms with Gasteiger partial charge in [-0.2, -0.15) is 0 Å². The summed E-state index contributed by atoms with van der Waals surface area (Å²) in [6, 6.07) is 6.09. The highest BCUT2D eigenvalue weighted by Crippen LogP contribution is 2.27. The fourth-order valence-electron chi connectivity index (χ4n) is 1.42. The topological polar surface area (TPSA) is 41.1 Å². The Hall–Kier alpha value is -1.58. The first-order valence-electron chi connectivity index (χ1n) is 5.50. The Morgan fingerprint density at radius 3 is 2.94 bits per heavy atom. The van der Waals surface area contributed by atoms with Crippen molar-refractivity contribution in [3.63, 3.8) is 0 Å². The molecule has 1 aliphatic rings. The lowest BCUT2D eigenvalue weighted by atomic mass is 10.3. The van der Waals surface area contributed by atoms with Gasteiger partial charge in [0.05, 0.1) is 6.54 Å². The van der Waals surface area contributed by atoms with Crippen molar-refractivity contribution in [1.29, 1.82) is 0 Å². The molecule has 1 aromatic rings. The smallest absolute Gasteiger partial charge is 0.239 e. The predicted octanol–water partition coefficient (Wildman–Crippen LogP) is 1.76. The first-order valence-corrected chi connectivity index (χ1v) is 5.50. The van der Waals surface area contributed by atoms with Crippen molar-refractivity contribution in [3.05, 3.63) is 30.1 Å². The summed E-state index contributed by atoms with van der Waals surface area (Å²) in [7, 11) is 0. The average molecular weight is 222 g/mol. The van der Waals surface area contributed by atoms with E-state index in [-0.39, 0.29) is 18.3 Å². The van der Waals surface area contributed by atoms with Gasteiger partial charge in [-0.25, -0.2) is 4.39 Å². The van der Waals surface area contributed by atoms with E-state index in [4.69, 9.17) is 0 Å². The minimum atomic E-state index is -0.302. The number of hydrogen-bond donors (Lipinski definition) is 2. The van der Waals surface area contributed by atoms with Gasteiger partial charge in [-0.3, -0.25) is 4.79 Å². The molecule has 1 saturated carbocycles. The monoisotopic (exact) mass is 222 g/mol.